The van der Waals surface area contributed by atoms with Gasteiger partial charge in [0.05, 0.1) is 6.04 Å². The number of rotatable bonds is 11. The van der Waals surface area contributed by atoms with E-state index in [0.29, 0.717) is 45.2 Å². The van der Waals surface area contributed by atoms with Gasteiger partial charge in [0.2, 0.25) is 23.6 Å². The fourth-order valence-electron chi connectivity index (χ4n) is 5.25. The molecular weight excluding hydrogens is 502 g/mol. The molecule has 0 bridgehead atoms. The molecule has 2 heterocycles. The Hall–Kier alpha value is -3.47. The second-order valence-electron chi connectivity index (χ2n) is 10.6. The van der Waals surface area contributed by atoms with Gasteiger partial charge in [-0.15, -0.1) is 0 Å². The van der Waals surface area contributed by atoms with Gasteiger partial charge in [-0.2, -0.15) is 0 Å². The number of benzene rings is 1. The predicted molar refractivity (Wildman–Crippen MR) is 144 cm³/mol. The number of hydrogen-bond donors (Lipinski definition) is 4. The van der Waals surface area contributed by atoms with E-state index in [1.54, 1.807) is 6.92 Å². The molecule has 0 spiro atoms. The summed E-state index contributed by atoms with van der Waals surface area (Å²) in [4.78, 5) is 67.6. The summed E-state index contributed by atoms with van der Waals surface area (Å²) < 4.78 is 0. The van der Waals surface area contributed by atoms with Gasteiger partial charge in [0.15, 0.2) is 0 Å². The minimum absolute atomic E-state index is 0.181. The first-order valence-electron chi connectivity index (χ1n) is 13.8. The number of likely N-dealkylation sites (tertiary alicyclic amines) is 2. The van der Waals surface area contributed by atoms with Gasteiger partial charge in [0, 0.05) is 19.5 Å². The highest BCUT2D eigenvalue weighted by molar-refractivity contribution is 5.96. The Balaban J connectivity index is 1.81. The van der Waals surface area contributed by atoms with Crippen molar-refractivity contribution >= 4 is 29.6 Å². The van der Waals surface area contributed by atoms with Gasteiger partial charge in [-0.05, 0) is 44.1 Å². The summed E-state index contributed by atoms with van der Waals surface area (Å²) in [5, 5.41) is 15.2. The quantitative estimate of drug-likeness (QED) is 0.319. The smallest absolute Gasteiger partial charge is 0.326 e. The number of aliphatic carboxylic acids is 1. The lowest BCUT2D eigenvalue weighted by Crippen LogP contribution is -2.59. The van der Waals surface area contributed by atoms with Crippen LogP contribution in [0.15, 0.2) is 30.3 Å². The zero-order valence-corrected chi connectivity index (χ0v) is 23.0. The van der Waals surface area contributed by atoms with Gasteiger partial charge in [0.25, 0.3) is 0 Å². The molecule has 2 fully saturated rings. The molecule has 2 aliphatic rings. The van der Waals surface area contributed by atoms with Crippen LogP contribution in [0.25, 0.3) is 0 Å². The standard InChI is InChI=1S/C28H41N5O6/c1-4-17(2)23(31-24(34)18(3)29)27(37)32-14-8-12-21(32)25(35)30-20(16-19-10-6-5-7-11-19)26(36)33-15-9-13-22(33)28(38)39/h5-7,10-11,17-18,20-23H,4,8-9,12-16,29H2,1-3H3,(H,30,35)(H,31,34)(H,38,39)/t17-,18-,20-,21-,22-,23-/m0/s1. The summed E-state index contributed by atoms with van der Waals surface area (Å²) in [7, 11) is 0. The van der Waals surface area contributed by atoms with Gasteiger partial charge in [0.1, 0.15) is 24.2 Å². The fourth-order valence-corrected chi connectivity index (χ4v) is 5.25. The average molecular weight is 544 g/mol. The highest BCUT2D eigenvalue weighted by atomic mass is 16.4. The summed E-state index contributed by atoms with van der Waals surface area (Å²) in [6.07, 6.45) is 2.78. The van der Waals surface area contributed by atoms with Gasteiger partial charge in [-0.3, -0.25) is 19.2 Å². The number of carboxylic acid groups (broad SMARTS) is 1. The second kappa shape index (κ2) is 13.5. The number of nitrogens with one attached hydrogen (secondary N) is 2. The lowest BCUT2D eigenvalue weighted by Gasteiger charge is -2.33. The van der Waals surface area contributed by atoms with E-state index >= 15 is 0 Å². The van der Waals surface area contributed by atoms with Crippen LogP contribution in [0, 0.1) is 5.92 Å². The number of carboxylic acids is 1. The van der Waals surface area contributed by atoms with Crippen molar-refractivity contribution in [3.63, 3.8) is 0 Å². The maximum Gasteiger partial charge on any atom is 0.326 e. The monoisotopic (exact) mass is 543 g/mol. The molecule has 5 N–H and O–H groups in total. The SMILES string of the molecule is CC[C@H](C)[C@H](NC(=O)[C@H](C)N)C(=O)N1CCC[C@H]1C(=O)N[C@@H](Cc1ccccc1)C(=O)N1CCC[C@H]1C(=O)O. The minimum Gasteiger partial charge on any atom is -0.480 e. The van der Waals surface area contributed by atoms with Gasteiger partial charge in [-0.1, -0.05) is 50.6 Å². The van der Waals surface area contributed by atoms with Crippen LogP contribution in [-0.4, -0.2) is 87.8 Å². The molecule has 214 valence electrons. The molecule has 0 unspecified atom stereocenters. The van der Waals surface area contributed by atoms with Crippen LogP contribution >= 0.6 is 0 Å². The van der Waals surface area contributed by atoms with Crippen molar-refractivity contribution < 1.29 is 29.1 Å². The molecule has 4 amide bonds. The van der Waals surface area contributed by atoms with Crippen molar-refractivity contribution in [1.29, 1.82) is 0 Å². The first-order chi connectivity index (χ1) is 18.5. The van der Waals surface area contributed by atoms with Crippen LogP contribution in [0.2, 0.25) is 0 Å². The zero-order chi connectivity index (χ0) is 28.7. The van der Waals surface area contributed by atoms with Crippen molar-refractivity contribution in [3.8, 4) is 0 Å². The van der Waals surface area contributed by atoms with E-state index in [0.717, 1.165) is 5.56 Å². The van der Waals surface area contributed by atoms with Crippen LogP contribution in [-0.2, 0) is 30.4 Å². The third-order valence-electron chi connectivity index (χ3n) is 7.75. The van der Waals surface area contributed by atoms with E-state index in [-0.39, 0.29) is 18.2 Å². The van der Waals surface area contributed by atoms with E-state index in [1.165, 1.54) is 9.80 Å². The maximum absolute atomic E-state index is 13.6. The molecule has 6 atom stereocenters. The van der Waals surface area contributed by atoms with E-state index in [2.05, 4.69) is 10.6 Å². The molecule has 11 nitrogen and oxygen atoms in total. The zero-order valence-electron chi connectivity index (χ0n) is 23.0. The first kappa shape index (κ1) is 30.1. The van der Waals surface area contributed by atoms with E-state index in [4.69, 9.17) is 5.73 Å². The number of carbonyl (C=O) groups excluding carboxylic acids is 4. The summed E-state index contributed by atoms with van der Waals surface area (Å²) in [5.41, 5.74) is 6.52. The molecule has 2 saturated heterocycles. The molecule has 2 aliphatic heterocycles. The topological polar surface area (TPSA) is 162 Å². The molecule has 39 heavy (non-hydrogen) atoms. The molecule has 11 heteroatoms. The summed E-state index contributed by atoms with van der Waals surface area (Å²) in [5.74, 6) is -2.96. The Kier molecular flexibility index (Phi) is 10.4. The summed E-state index contributed by atoms with van der Waals surface area (Å²) in [6.45, 7) is 5.97. The number of carbonyl (C=O) groups is 5. The largest absolute Gasteiger partial charge is 0.480 e. The van der Waals surface area contributed by atoms with E-state index < -0.39 is 53.9 Å². The van der Waals surface area contributed by atoms with Gasteiger partial charge in [-0.25, -0.2) is 4.79 Å². The molecule has 3 rings (SSSR count). The van der Waals surface area contributed by atoms with Crippen LogP contribution in [0.5, 0.6) is 0 Å². The van der Waals surface area contributed by atoms with Gasteiger partial charge >= 0.3 is 5.97 Å². The highest BCUT2D eigenvalue weighted by Gasteiger charge is 2.42. The van der Waals surface area contributed by atoms with Crippen molar-refractivity contribution in [2.75, 3.05) is 13.1 Å². The molecular formula is C28H41N5O6. The van der Waals surface area contributed by atoms with Crippen molar-refractivity contribution in [3.05, 3.63) is 35.9 Å². The molecule has 0 aliphatic carbocycles. The Labute approximate surface area is 229 Å². The van der Waals surface area contributed by atoms with Crippen molar-refractivity contribution in [2.24, 2.45) is 11.7 Å². The second-order valence-corrected chi connectivity index (χ2v) is 10.6. The number of hydrogen-bond acceptors (Lipinski definition) is 6. The fraction of sp³-hybridized carbons (Fsp3) is 0.607. The number of nitrogens with zero attached hydrogens (tertiary/aromatic N) is 2. The molecule has 1 aromatic carbocycles. The highest BCUT2D eigenvalue weighted by Crippen LogP contribution is 2.23. The Morgan fingerprint density at radius 3 is 2.10 bits per heavy atom. The van der Waals surface area contributed by atoms with Crippen molar-refractivity contribution in [2.45, 2.75) is 89.5 Å². The van der Waals surface area contributed by atoms with Crippen molar-refractivity contribution in [1.82, 2.24) is 20.4 Å². The van der Waals surface area contributed by atoms with Gasteiger partial charge < -0.3 is 31.3 Å². The average Bonchev–Trinajstić information content (AvgIpc) is 3.61. The van der Waals surface area contributed by atoms with E-state index in [1.807, 2.05) is 44.2 Å². The first-order valence-corrected chi connectivity index (χ1v) is 13.8. The van der Waals surface area contributed by atoms with Crippen LogP contribution in [0.4, 0.5) is 0 Å². The Bertz CT molecular complexity index is 1050. The molecule has 0 radical (unpaired) electrons. The van der Waals surface area contributed by atoms with Crippen LogP contribution in [0.1, 0.15) is 58.4 Å². The van der Waals surface area contributed by atoms with Crippen LogP contribution < -0.4 is 16.4 Å². The maximum atomic E-state index is 13.6. The van der Waals surface area contributed by atoms with E-state index in [9.17, 15) is 29.1 Å². The Morgan fingerprint density at radius 2 is 1.54 bits per heavy atom. The summed E-state index contributed by atoms with van der Waals surface area (Å²) in [6, 6.07) is 4.85. The minimum atomic E-state index is -1.07. The third kappa shape index (κ3) is 7.35. The number of nitrogens with two attached hydrogens (primary N) is 1. The lowest BCUT2D eigenvalue weighted by molar-refractivity contribution is -0.150. The normalized spacial score (nSPS) is 22.1. The predicted octanol–water partition coefficient (Wildman–Crippen LogP) is 0.659. The lowest BCUT2D eigenvalue weighted by atomic mass is 9.97. The molecule has 0 aromatic heterocycles. The molecule has 1 aromatic rings. The molecule has 0 saturated carbocycles. The number of amides is 4. The Morgan fingerprint density at radius 1 is 0.949 bits per heavy atom. The third-order valence-corrected chi connectivity index (χ3v) is 7.75. The summed E-state index contributed by atoms with van der Waals surface area (Å²) >= 11 is 0. The van der Waals surface area contributed by atoms with Crippen LogP contribution in [0.3, 0.4) is 0 Å².